The number of thiophene rings is 1. The van der Waals surface area contributed by atoms with E-state index in [9.17, 15) is 8.42 Å². The van der Waals surface area contributed by atoms with Gasteiger partial charge < -0.3 is 5.32 Å². The second-order valence-corrected chi connectivity index (χ2v) is 8.65. The summed E-state index contributed by atoms with van der Waals surface area (Å²) in [4.78, 5) is 8.54. The maximum absolute atomic E-state index is 11.9. The molecule has 6 nitrogen and oxygen atoms in total. The minimum Gasteiger partial charge on any atom is -0.369 e. The van der Waals surface area contributed by atoms with Crippen LogP contribution in [-0.2, 0) is 10.0 Å². The van der Waals surface area contributed by atoms with Gasteiger partial charge in [-0.15, -0.1) is 11.3 Å². The fourth-order valence-electron chi connectivity index (χ4n) is 2.73. The van der Waals surface area contributed by atoms with Gasteiger partial charge in [-0.2, -0.15) is 0 Å². The highest BCUT2D eigenvalue weighted by atomic mass is 32.2. The number of aromatic nitrogens is 2. The van der Waals surface area contributed by atoms with E-state index in [0.29, 0.717) is 19.0 Å². The van der Waals surface area contributed by atoms with E-state index in [1.807, 2.05) is 11.4 Å². The molecular weight excluding hydrogens is 320 g/mol. The van der Waals surface area contributed by atoms with E-state index in [4.69, 9.17) is 0 Å². The van der Waals surface area contributed by atoms with E-state index in [1.54, 1.807) is 28.9 Å². The van der Waals surface area contributed by atoms with Gasteiger partial charge in [0.15, 0.2) is 0 Å². The van der Waals surface area contributed by atoms with Crippen molar-refractivity contribution in [1.82, 2.24) is 14.3 Å². The van der Waals surface area contributed by atoms with Crippen LogP contribution < -0.4 is 5.32 Å². The number of rotatable bonds is 5. The molecule has 0 unspecified atom stereocenters. The van der Waals surface area contributed by atoms with Gasteiger partial charge in [0.25, 0.3) is 0 Å². The smallest absolute Gasteiger partial charge is 0.213 e. The first-order valence-corrected chi connectivity index (χ1v) is 9.99. The van der Waals surface area contributed by atoms with Crippen molar-refractivity contribution < 1.29 is 8.42 Å². The van der Waals surface area contributed by atoms with Gasteiger partial charge in [-0.3, -0.25) is 0 Å². The highest BCUT2D eigenvalue weighted by Crippen LogP contribution is 2.26. The van der Waals surface area contributed by atoms with Gasteiger partial charge in [-0.1, -0.05) is 0 Å². The van der Waals surface area contributed by atoms with Crippen LogP contribution in [0.15, 0.2) is 17.8 Å². The van der Waals surface area contributed by atoms with Crippen LogP contribution in [0.4, 0.5) is 5.82 Å². The minimum absolute atomic E-state index is 0.188. The van der Waals surface area contributed by atoms with E-state index in [2.05, 4.69) is 15.3 Å². The average Bonchev–Trinajstić information content (AvgIpc) is 3.02. The third-order valence-electron chi connectivity index (χ3n) is 4.13. The van der Waals surface area contributed by atoms with Crippen molar-refractivity contribution in [1.29, 1.82) is 0 Å². The van der Waals surface area contributed by atoms with Crippen LogP contribution in [0, 0.1) is 5.92 Å². The van der Waals surface area contributed by atoms with Gasteiger partial charge in [-0.05, 0) is 37.1 Å². The molecule has 0 saturated carbocycles. The monoisotopic (exact) mass is 340 g/mol. The van der Waals surface area contributed by atoms with E-state index in [-0.39, 0.29) is 5.75 Å². The zero-order valence-corrected chi connectivity index (χ0v) is 14.2. The maximum Gasteiger partial charge on any atom is 0.213 e. The predicted molar refractivity (Wildman–Crippen MR) is 89.7 cm³/mol. The van der Waals surface area contributed by atoms with Crippen LogP contribution in [0.3, 0.4) is 0 Å². The lowest BCUT2D eigenvalue weighted by atomic mass is 9.98. The van der Waals surface area contributed by atoms with E-state index < -0.39 is 10.0 Å². The summed E-state index contributed by atoms with van der Waals surface area (Å²) in [5, 5.41) is 5.41. The number of sulfonamides is 1. The molecule has 0 aliphatic carbocycles. The zero-order valence-electron chi connectivity index (χ0n) is 12.5. The standard InChI is InChI=1S/C14H20N4O2S2/c1-2-22(19,20)18-6-3-11(4-7-18)9-15-14-13-12(5-8-21-13)16-10-17-14/h5,8,10-11H,2-4,6-7,9H2,1H3,(H,15,16,17). The molecule has 1 N–H and O–H groups in total. The van der Waals surface area contributed by atoms with Crippen molar-refractivity contribution in [2.24, 2.45) is 5.92 Å². The molecule has 120 valence electrons. The van der Waals surface area contributed by atoms with Crippen molar-refractivity contribution in [2.75, 3.05) is 30.7 Å². The molecule has 1 fully saturated rings. The van der Waals surface area contributed by atoms with Gasteiger partial charge in [0.1, 0.15) is 12.1 Å². The lowest BCUT2D eigenvalue weighted by Crippen LogP contribution is -2.40. The van der Waals surface area contributed by atoms with Crippen molar-refractivity contribution in [3.8, 4) is 0 Å². The van der Waals surface area contributed by atoms with Crippen molar-refractivity contribution >= 4 is 37.4 Å². The molecule has 0 aromatic carbocycles. The second-order valence-electron chi connectivity index (χ2n) is 5.48. The number of nitrogens with zero attached hydrogens (tertiary/aromatic N) is 3. The van der Waals surface area contributed by atoms with Crippen LogP contribution in [0.1, 0.15) is 19.8 Å². The summed E-state index contributed by atoms with van der Waals surface area (Å²) in [6.45, 7) is 3.77. The van der Waals surface area contributed by atoms with Crippen LogP contribution in [0.2, 0.25) is 0 Å². The summed E-state index contributed by atoms with van der Waals surface area (Å²) < 4.78 is 26.4. The fourth-order valence-corrected chi connectivity index (χ4v) is 4.67. The first kappa shape index (κ1) is 15.6. The van der Waals surface area contributed by atoms with Gasteiger partial charge in [-0.25, -0.2) is 22.7 Å². The molecule has 0 radical (unpaired) electrons. The molecule has 1 aliphatic heterocycles. The Kier molecular flexibility index (Phi) is 4.60. The summed E-state index contributed by atoms with van der Waals surface area (Å²) in [5.41, 5.74) is 0.964. The molecule has 2 aromatic heterocycles. The molecule has 3 heterocycles. The Hall–Kier alpha value is -1.25. The Balaban J connectivity index is 1.57. The summed E-state index contributed by atoms with van der Waals surface area (Å²) >= 11 is 1.63. The Bertz CT molecular complexity index is 736. The van der Waals surface area contributed by atoms with E-state index in [1.165, 1.54) is 0 Å². The van der Waals surface area contributed by atoms with Crippen molar-refractivity contribution in [3.05, 3.63) is 17.8 Å². The fraction of sp³-hybridized carbons (Fsp3) is 0.571. The molecule has 0 bridgehead atoms. The quantitative estimate of drug-likeness (QED) is 0.903. The molecular formula is C14H20N4O2S2. The highest BCUT2D eigenvalue weighted by molar-refractivity contribution is 7.89. The first-order chi connectivity index (χ1) is 10.6. The minimum atomic E-state index is -3.04. The summed E-state index contributed by atoms with van der Waals surface area (Å²) in [5.74, 6) is 1.55. The molecule has 0 amide bonds. The molecule has 8 heteroatoms. The normalized spacial score (nSPS) is 17.9. The second kappa shape index (κ2) is 6.47. The number of hydrogen-bond acceptors (Lipinski definition) is 6. The highest BCUT2D eigenvalue weighted by Gasteiger charge is 2.26. The molecule has 3 rings (SSSR count). The van der Waals surface area contributed by atoms with Gasteiger partial charge in [0, 0.05) is 19.6 Å². The number of hydrogen-bond donors (Lipinski definition) is 1. The Morgan fingerprint density at radius 3 is 2.86 bits per heavy atom. The Morgan fingerprint density at radius 2 is 2.14 bits per heavy atom. The van der Waals surface area contributed by atoms with E-state index >= 15 is 0 Å². The Morgan fingerprint density at radius 1 is 1.36 bits per heavy atom. The van der Waals surface area contributed by atoms with Crippen LogP contribution in [0.25, 0.3) is 10.2 Å². The summed E-state index contributed by atoms with van der Waals surface area (Å²) in [6.07, 6.45) is 3.36. The van der Waals surface area contributed by atoms with E-state index in [0.717, 1.165) is 35.4 Å². The third kappa shape index (κ3) is 3.23. The SMILES string of the molecule is CCS(=O)(=O)N1CCC(CNc2ncnc3ccsc23)CC1. The van der Waals surface area contributed by atoms with Crippen LogP contribution in [-0.4, -0.2) is 48.1 Å². The lowest BCUT2D eigenvalue weighted by Gasteiger charge is -2.31. The summed E-state index contributed by atoms with van der Waals surface area (Å²) in [7, 11) is -3.04. The number of piperidine rings is 1. The first-order valence-electron chi connectivity index (χ1n) is 7.50. The summed E-state index contributed by atoms with van der Waals surface area (Å²) in [6, 6.07) is 1.99. The number of fused-ring (bicyclic) bond motifs is 1. The van der Waals surface area contributed by atoms with Crippen LogP contribution in [0.5, 0.6) is 0 Å². The topological polar surface area (TPSA) is 75.2 Å². The molecule has 2 aromatic rings. The molecule has 0 spiro atoms. The zero-order chi connectivity index (χ0) is 15.6. The van der Waals surface area contributed by atoms with Crippen molar-refractivity contribution in [3.63, 3.8) is 0 Å². The number of anilines is 1. The number of nitrogens with one attached hydrogen (secondary N) is 1. The predicted octanol–water partition coefficient (Wildman–Crippen LogP) is 2.16. The van der Waals surface area contributed by atoms with Crippen LogP contribution >= 0.6 is 11.3 Å². The molecule has 1 aliphatic rings. The molecule has 22 heavy (non-hydrogen) atoms. The maximum atomic E-state index is 11.9. The van der Waals surface area contributed by atoms with Gasteiger partial charge >= 0.3 is 0 Å². The van der Waals surface area contributed by atoms with Crippen molar-refractivity contribution in [2.45, 2.75) is 19.8 Å². The Labute approximate surface area is 134 Å². The van der Waals surface area contributed by atoms with Gasteiger partial charge in [0.05, 0.1) is 16.0 Å². The average molecular weight is 340 g/mol. The largest absolute Gasteiger partial charge is 0.369 e. The third-order valence-corrected chi connectivity index (χ3v) is 6.92. The lowest BCUT2D eigenvalue weighted by molar-refractivity contribution is 0.282. The van der Waals surface area contributed by atoms with Gasteiger partial charge in [0.2, 0.25) is 10.0 Å². The molecule has 0 atom stereocenters. The molecule has 1 saturated heterocycles.